The Labute approximate surface area is 108 Å². The molecule has 3 aromatic rings. The number of hydrogen-bond donors (Lipinski definition) is 0. The third kappa shape index (κ3) is 1.98. The molecule has 3 heteroatoms. The van der Waals surface area contributed by atoms with Gasteiger partial charge in [0.1, 0.15) is 5.65 Å². The molecule has 0 unspecified atom stereocenters. The zero-order chi connectivity index (χ0) is 11.7. The fraction of sp³-hybridized carbons (Fsp3) is 0.0714. The summed E-state index contributed by atoms with van der Waals surface area (Å²) in [6.45, 7) is 0.847. The predicted molar refractivity (Wildman–Crippen MR) is 73.0 cm³/mol. The molecule has 2 nitrogen and oxygen atoms in total. The van der Waals surface area contributed by atoms with Crippen molar-refractivity contribution in [2.24, 2.45) is 0 Å². The molecule has 0 saturated heterocycles. The smallest absolute Gasteiger partial charge is 0.141 e. The van der Waals surface area contributed by atoms with Crippen LogP contribution in [0.25, 0.3) is 11.0 Å². The first-order valence-corrected chi connectivity index (χ1v) is 6.27. The van der Waals surface area contributed by atoms with Crippen LogP contribution in [0.3, 0.4) is 0 Å². The SMILES string of the molecule is Brc1cn(Cc2ccccc2)c2ncccc12. The number of rotatable bonds is 2. The predicted octanol–water partition coefficient (Wildman–Crippen LogP) is 3.85. The van der Waals surface area contributed by atoms with Gasteiger partial charge in [-0.25, -0.2) is 4.98 Å². The maximum Gasteiger partial charge on any atom is 0.141 e. The van der Waals surface area contributed by atoms with Crippen LogP contribution >= 0.6 is 15.9 Å². The van der Waals surface area contributed by atoms with Gasteiger partial charge in [-0.05, 0) is 33.6 Å². The maximum atomic E-state index is 4.43. The van der Waals surface area contributed by atoms with Crippen molar-refractivity contribution in [3.8, 4) is 0 Å². The molecule has 0 bridgehead atoms. The lowest BCUT2D eigenvalue weighted by molar-refractivity contribution is 0.824. The van der Waals surface area contributed by atoms with Gasteiger partial charge < -0.3 is 4.57 Å². The van der Waals surface area contributed by atoms with Gasteiger partial charge in [0.15, 0.2) is 0 Å². The Morgan fingerprint density at radius 2 is 1.88 bits per heavy atom. The molecule has 0 fully saturated rings. The minimum absolute atomic E-state index is 0.847. The first kappa shape index (κ1) is 10.5. The highest BCUT2D eigenvalue weighted by Gasteiger charge is 2.06. The van der Waals surface area contributed by atoms with Crippen molar-refractivity contribution in [2.75, 3.05) is 0 Å². The lowest BCUT2D eigenvalue weighted by atomic mass is 10.2. The molecule has 0 N–H and O–H groups in total. The summed E-state index contributed by atoms with van der Waals surface area (Å²) in [5, 5.41) is 1.16. The molecule has 1 aromatic carbocycles. The third-order valence-corrected chi connectivity index (χ3v) is 3.41. The summed E-state index contributed by atoms with van der Waals surface area (Å²) in [6, 6.07) is 14.4. The molecular formula is C14H11BrN2. The van der Waals surface area contributed by atoms with Crippen LogP contribution in [-0.4, -0.2) is 9.55 Å². The zero-order valence-electron chi connectivity index (χ0n) is 9.18. The molecule has 0 amide bonds. The number of nitrogens with zero attached hydrogens (tertiary/aromatic N) is 2. The average molecular weight is 287 g/mol. The molecule has 0 aliphatic heterocycles. The Morgan fingerprint density at radius 1 is 1.06 bits per heavy atom. The number of fused-ring (bicyclic) bond motifs is 1. The van der Waals surface area contributed by atoms with Crippen molar-refractivity contribution in [2.45, 2.75) is 6.54 Å². The van der Waals surface area contributed by atoms with Crippen molar-refractivity contribution in [1.29, 1.82) is 0 Å². The van der Waals surface area contributed by atoms with Crippen LogP contribution < -0.4 is 0 Å². The standard InChI is InChI=1S/C14H11BrN2/c15-13-10-17(9-11-5-2-1-3-6-11)14-12(13)7-4-8-16-14/h1-8,10H,9H2. The molecule has 0 atom stereocenters. The quantitative estimate of drug-likeness (QED) is 0.700. The Morgan fingerprint density at radius 3 is 2.71 bits per heavy atom. The fourth-order valence-electron chi connectivity index (χ4n) is 1.98. The van der Waals surface area contributed by atoms with Gasteiger partial charge in [-0.1, -0.05) is 30.3 Å². The maximum absolute atomic E-state index is 4.43. The molecule has 17 heavy (non-hydrogen) atoms. The highest BCUT2D eigenvalue weighted by molar-refractivity contribution is 9.10. The second kappa shape index (κ2) is 4.34. The van der Waals surface area contributed by atoms with Crippen molar-refractivity contribution in [3.05, 3.63) is 64.9 Å². The lowest BCUT2D eigenvalue weighted by Crippen LogP contribution is -1.98. The zero-order valence-corrected chi connectivity index (χ0v) is 10.8. The summed E-state index contributed by atoms with van der Waals surface area (Å²) in [4.78, 5) is 4.43. The van der Waals surface area contributed by atoms with Crippen molar-refractivity contribution < 1.29 is 0 Å². The molecule has 0 aliphatic rings. The van der Waals surface area contributed by atoms with E-state index in [1.165, 1.54) is 5.56 Å². The Bertz CT molecular complexity index is 644. The van der Waals surface area contributed by atoms with Crippen molar-refractivity contribution in [1.82, 2.24) is 9.55 Å². The lowest BCUT2D eigenvalue weighted by Gasteiger charge is -2.04. The van der Waals surface area contributed by atoms with Gasteiger partial charge in [0.25, 0.3) is 0 Å². The van der Waals surface area contributed by atoms with E-state index in [2.05, 4.69) is 62.0 Å². The first-order chi connectivity index (χ1) is 8.34. The number of halogens is 1. The summed E-state index contributed by atoms with van der Waals surface area (Å²) >= 11 is 3.57. The van der Waals surface area contributed by atoms with E-state index in [1.807, 2.05) is 18.3 Å². The molecule has 2 heterocycles. The van der Waals surface area contributed by atoms with Crippen molar-refractivity contribution in [3.63, 3.8) is 0 Å². The molecule has 2 aromatic heterocycles. The largest absolute Gasteiger partial charge is 0.327 e. The molecule has 3 rings (SSSR count). The summed E-state index contributed by atoms with van der Waals surface area (Å²) in [7, 11) is 0. The highest BCUT2D eigenvalue weighted by atomic mass is 79.9. The van der Waals surface area contributed by atoms with Gasteiger partial charge in [0.2, 0.25) is 0 Å². The van der Waals surface area contributed by atoms with E-state index in [-0.39, 0.29) is 0 Å². The van der Waals surface area contributed by atoms with Crippen LogP contribution in [0.2, 0.25) is 0 Å². The monoisotopic (exact) mass is 286 g/mol. The van der Waals surface area contributed by atoms with Crippen LogP contribution in [0, 0.1) is 0 Å². The van der Waals surface area contributed by atoms with Gasteiger partial charge in [-0.2, -0.15) is 0 Å². The van der Waals surface area contributed by atoms with Crippen LogP contribution in [0.4, 0.5) is 0 Å². The van der Waals surface area contributed by atoms with Crippen LogP contribution in [-0.2, 0) is 6.54 Å². The minimum atomic E-state index is 0.847. The average Bonchev–Trinajstić information content (AvgIpc) is 2.69. The van der Waals surface area contributed by atoms with Gasteiger partial charge >= 0.3 is 0 Å². The second-order valence-corrected chi connectivity index (χ2v) is 4.82. The van der Waals surface area contributed by atoms with E-state index < -0.39 is 0 Å². The summed E-state index contributed by atoms with van der Waals surface area (Å²) in [5.74, 6) is 0. The molecule has 84 valence electrons. The Kier molecular flexibility index (Phi) is 2.69. The van der Waals surface area contributed by atoms with E-state index in [4.69, 9.17) is 0 Å². The number of aromatic nitrogens is 2. The van der Waals surface area contributed by atoms with Crippen LogP contribution in [0.15, 0.2) is 59.3 Å². The normalized spacial score (nSPS) is 10.9. The molecule has 0 spiro atoms. The van der Waals surface area contributed by atoms with Gasteiger partial charge in [0.05, 0.1) is 0 Å². The molecule has 0 saturated carbocycles. The minimum Gasteiger partial charge on any atom is -0.327 e. The molecular weight excluding hydrogens is 276 g/mol. The van der Waals surface area contributed by atoms with E-state index >= 15 is 0 Å². The number of benzene rings is 1. The van der Waals surface area contributed by atoms with Crippen LogP contribution in [0.5, 0.6) is 0 Å². The second-order valence-electron chi connectivity index (χ2n) is 3.97. The molecule has 0 aliphatic carbocycles. The van der Waals surface area contributed by atoms with Crippen LogP contribution in [0.1, 0.15) is 5.56 Å². The summed E-state index contributed by atoms with van der Waals surface area (Å²) < 4.78 is 3.26. The summed E-state index contributed by atoms with van der Waals surface area (Å²) in [6.07, 6.45) is 3.92. The Hall–Kier alpha value is -1.61. The topological polar surface area (TPSA) is 17.8 Å². The Balaban J connectivity index is 2.07. The third-order valence-electron chi connectivity index (χ3n) is 2.78. The highest BCUT2D eigenvalue weighted by Crippen LogP contribution is 2.24. The number of hydrogen-bond acceptors (Lipinski definition) is 1. The fourth-order valence-corrected chi connectivity index (χ4v) is 2.54. The summed E-state index contributed by atoms with van der Waals surface area (Å²) in [5.41, 5.74) is 2.30. The van der Waals surface area contributed by atoms with Gasteiger partial charge in [-0.15, -0.1) is 0 Å². The van der Waals surface area contributed by atoms with Gasteiger partial charge in [-0.3, -0.25) is 0 Å². The van der Waals surface area contributed by atoms with E-state index in [1.54, 1.807) is 0 Å². The van der Waals surface area contributed by atoms with E-state index in [0.717, 1.165) is 22.1 Å². The first-order valence-electron chi connectivity index (χ1n) is 5.48. The number of pyridine rings is 1. The molecule has 0 radical (unpaired) electrons. The van der Waals surface area contributed by atoms with E-state index in [0.29, 0.717) is 0 Å². The van der Waals surface area contributed by atoms with Crippen molar-refractivity contribution >= 4 is 27.0 Å². The van der Waals surface area contributed by atoms with E-state index in [9.17, 15) is 0 Å². The van der Waals surface area contributed by atoms with Gasteiger partial charge in [0, 0.05) is 28.8 Å².